The zero-order valence-corrected chi connectivity index (χ0v) is 15.3. The second-order valence-corrected chi connectivity index (χ2v) is 7.18. The molecule has 0 aliphatic carbocycles. The summed E-state index contributed by atoms with van der Waals surface area (Å²) in [6.45, 7) is 12.4. The average Bonchev–Trinajstić information content (AvgIpc) is 3.04. The van der Waals surface area contributed by atoms with Crippen molar-refractivity contribution in [3.63, 3.8) is 0 Å². The highest BCUT2D eigenvalue weighted by molar-refractivity contribution is 9.10. The van der Waals surface area contributed by atoms with Crippen LogP contribution >= 0.6 is 15.9 Å². The quantitative estimate of drug-likeness (QED) is 0.814. The average molecular weight is 358 g/mol. The lowest BCUT2D eigenvalue weighted by Gasteiger charge is -2.29. The van der Waals surface area contributed by atoms with E-state index in [1.807, 2.05) is 0 Å². The molecule has 0 radical (unpaired) electrons. The number of nitrogens with zero attached hydrogens (tertiary/aromatic N) is 2. The van der Waals surface area contributed by atoms with Crippen molar-refractivity contribution in [2.45, 2.75) is 59.5 Å². The van der Waals surface area contributed by atoms with Crippen molar-refractivity contribution >= 4 is 15.9 Å². The highest BCUT2D eigenvalue weighted by atomic mass is 79.9. The van der Waals surface area contributed by atoms with E-state index >= 15 is 0 Å². The SMILES string of the molecule is CCc1nn(CC)c(CC2(CNC(C)C)CCOC2)c1Br. The molecular formula is C16H28BrN3O. The van der Waals surface area contributed by atoms with Gasteiger partial charge in [-0.3, -0.25) is 4.68 Å². The minimum Gasteiger partial charge on any atom is -0.381 e. The summed E-state index contributed by atoms with van der Waals surface area (Å²) in [5.41, 5.74) is 2.69. The van der Waals surface area contributed by atoms with Crippen LogP contribution in [0.2, 0.25) is 0 Å². The van der Waals surface area contributed by atoms with Crippen LogP contribution in [0.15, 0.2) is 4.47 Å². The van der Waals surface area contributed by atoms with E-state index in [9.17, 15) is 0 Å². The molecule has 1 aromatic rings. The van der Waals surface area contributed by atoms with Gasteiger partial charge in [0.1, 0.15) is 0 Å². The molecule has 1 N–H and O–H groups in total. The number of ether oxygens (including phenoxy) is 1. The molecule has 1 unspecified atom stereocenters. The number of rotatable bonds is 7. The maximum Gasteiger partial charge on any atom is 0.0766 e. The highest BCUT2D eigenvalue weighted by Crippen LogP contribution is 2.35. The number of nitrogens with one attached hydrogen (secondary N) is 1. The summed E-state index contributed by atoms with van der Waals surface area (Å²) in [4.78, 5) is 0. The number of halogens is 1. The number of hydrogen-bond donors (Lipinski definition) is 1. The fraction of sp³-hybridized carbons (Fsp3) is 0.812. The largest absolute Gasteiger partial charge is 0.381 e. The molecule has 0 spiro atoms. The van der Waals surface area contributed by atoms with Crippen LogP contribution in [0.4, 0.5) is 0 Å². The van der Waals surface area contributed by atoms with Crippen molar-refractivity contribution in [3.8, 4) is 0 Å². The molecule has 2 rings (SSSR count). The maximum absolute atomic E-state index is 5.73. The van der Waals surface area contributed by atoms with Crippen LogP contribution < -0.4 is 5.32 Å². The van der Waals surface area contributed by atoms with Gasteiger partial charge in [0.15, 0.2) is 0 Å². The molecule has 2 heterocycles. The highest BCUT2D eigenvalue weighted by Gasteiger charge is 2.37. The molecule has 4 nitrogen and oxygen atoms in total. The molecule has 0 saturated carbocycles. The third-order valence-corrected chi connectivity index (χ3v) is 5.22. The number of aryl methyl sites for hydroxylation is 2. The van der Waals surface area contributed by atoms with Gasteiger partial charge in [-0.25, -0.2) is 0 Å². The van der Waals surface area contributed by atoms with Gasteiger partial charge in [0, 0.05) is 31.2 Å². The Kier molecular flexibility index (Phi) is 5.86. The Morgan fingerprint density at radius 3 is 2.71 bits per heavy atom. The van der Waals surface area contributed by atoms with E-state index in [0.29, 0.717) is 6.04 Å². The predicted molar refractivity (Wildman–Crippen MR) is 89.7 cm³/mol. The topological polar surface area (TPSA) is 39.1 Å². The summed E-state index contributed by atoms with van der Waals surface area (Å²) in [5.74, 6) is 0. The van der Waals surface area contributed by atoms with Gasteiger partial charge in [-0.15, -0.1) is 0 Å². The first kappa shape index (κ1) is 17.0. The lowest BCUT2D eigenvalue weighted by molar-refractivity contribution is 0.146. The van der Waals surface area contributed by atoms with Crippen molar-refractivity contribution in [1.29, 1.82) is 0 Å². The summed E-state index contributed by atoms with van der Waals surface area (Å²) in [6.07, 6.45) is 3.11. The molecule has 1 aliphatic rings. The normalized spacial score (nSPS) is 22.4. The first-order valence-corrected chi connectivity index (χ1v) is 8.86. The van der Waals surface area contributed by atoms with E-state index in [1.54, 1.807) is 0 Å². The number of hydrogen-bond acceptors (Lipinski definition) is 3. The van der Waals surface area contributed by atoms with Crippen LogP contribution in [0.5, 0.6) is 0 Å². The summed E-state index contributed by atoms with van der Waals surface area (Å²) in [5, 5.41) is 8.32. The van der Waals surface area contributed by atoms with Crippen molar-refractivity contribution < 1.29 is 4.74 Å². The van der Waals surface area contributed by atoms with Crippen molar-refractivity contribution in [1.82, 2.24) is 15.1 Å². The minimum absolute atomic E-state index is 0.199. The third kappa shape index (κ3) is 3.88. The van der Waals surface area contributed by atoms with E-state index in [0.717, 1.165) is 51.3 Å². The predicted octanol–water partition coefficient (Wildman–Crippen LogP) is 3.18. The second kappa shape index (κ2) is 7.25. The smallest absolute Gasteiger partial charge is 0.0766 e. The standard InChI is InChI=1S/C16H28BrN3O/c1-5-13-15(17)14(20(6-2)19-13)9-16(7-8-21-11-16)10-18-12(3)4/h12,18H,5-11H2,1-4H3. The molecule has 1 aromatic heterocycles. The van der Waals surface area contributed by atoms with Gasteiger partial charge >= 0.3 is 0 Å². The fourth-order valence-corrected chi connectivity index (χ4v) is 3.66. The van der Waals surface area contributed by atoms with Gasteiger partial charge in [-0.05, 0) is 42.1 Å². The van der Waals surface area contributed by atoms with Gasteiger partial charge in [0.05, 0.1) is 22.5 Å². The van der Waals surface area contributed by atoms with Crippen LogP contribution in [0.25, 0.3) is 0 Å². The van der Waals surface area contributed by atoms with Gasteiger partial charge in [0.2, 0.25) is 0 Å². The monoisotopic (exact) mass is 357 g/mol. The van der Waals surface area contributed by atoms with E-state index in [4.69, 9.17) is 9.84 Å². The summed E-state index contributed by atoms with van der Waals surface area (Å²) in [7, 11) is 0. The minimum atomic E-state index is 0.199. The zero-order valence-electron chi connectivity index (χ0n) is 13.7. The van der Waals surface area contributed by atoms with Gasteiger partial charge in [-0.1, -0.05) is 20.8 Å². The molecule has 1 aliphatic heterocycles. The molecule has 0 aromatic carbocycles. The Hall–Kier alpha value is -0.390. The Morgan fingerprint density at radius 1 is 1.43 bits per heavy atom. The first-order valence-electron chi connectivity index (χ1n) is 8.06. The summed E-state index contributed by atoms with van der Waals surface area (Å²) < 4.78 is 9.07. The molecule has 0 amide bonds. The van der Waals surface area contributed by atoms with Crippen LogP contribution in [-0.4, -0.2) is 35.6 Å². The lowest BCUT2D eigenvalue weighted by Crippen LogP contribution is -2.40. The van der Waals surface area contributed by atoms with E-state index in [-0.39, 0.29) is 5.41 Å². The molecule has 21 heavy (non-hydrogen) atoms. The van der Waals surface area contributed by atoms with Gasteiger partial charge in [0.25, 0.3) is 0 Å². The van der Waals surface area contributed by atoms with Crippen LogP contribution in [-0.2, 0) is 24.1 Å². The molecule has 120 valence electrons. The molecule has 1 fully saturated rings. The van der Waals surface area contributed by atoms with E-state index < -0.39 is 0 Å². The molecule has 0 bridgehead atoms. The van der Waals surface area contributed by atoms with Crippen molar-refractivity contribution in [2.75, 3.05) is 19.8 Å². The Morgan fingerprint density at radius 2 is 2.19 bits per heavy atom. The second-order valence-electron chi connectivity index (χ2n) is 6.39. The zero-order chi connectivity index (χ0) is 15.5. The van der Waals surface area contributed by atoms with E-state index in [1.165, 1.54) is 10.2 Å². The van der Waals surface area contributed by atoms with Gasteiger partial charge < -0.3 is 10.1 Å². The molecule has 1 atom stereocenters. The molecule has 1 saturated heterocycles. The third-order valence-electron chi connectivity index (χ3n) is 4.31. The lowest BCUT2D eigenvalue weighted by atomic mass is 9.82. The van der Waals surface area contributed by atoms with Crippen molar-refractivity contribution in [2.24, 2.45) is 5.41 Å². The van der Waals surface area contributed by atoms with Crippen LogP contribution in [0.3, 0.4) is 0 Å². The maximum atomic E-state index is 5.73. The fourth-order valence-electron chi connectivity index (χ4n) is 2.95. The summed E-state index contributed by atoms with van der Waals surface area (Å²) >= 11 is 3.77. The van der Waals surface area contributed by atoms with Gasteiger partial charge in [-0.2, -0.15) is 5.10 Å². The Labute approximate surface area is 136 Å². The van der Waals surface area contributed by atoms with Crippen molar-refractivity contribution in [3.05, 3.63) is 15.9 Å². The molecular weight excluding hydrogens is 330 g/mol. The number of aromatic nitrogens is 2. The van der Waals surface area contributed by atoms with Crippen LogP contribution in [0.1, 0.15) is 45.5 Å². The van der Waals surface area contributed by atoms with Crippen LogP contribution in [0, 0.1) is 5.41 Å². The Balaban J connectivity index is 2.22. The first-order chi connectivity index (χ1) is 10.0. The van der Waals surface area contributed by atoms with E-state index in [2.05, 4.69) is 53.6 Å². The summed E-state index contributed by atoms with van der Waals surface area (Å²) in [6, 6.07) is 0.508. The Bertz CT molecular complexity index is 464. The molecule has 5 heteroatoms.